The Morgan fingerprint density at radius 2 is 0.728 bits per heavy atom. The highest BCUT2D eigenvalue weighted by molar-refractivity contribution is 5.92. The number of aromatic amines is 1. The monoisotopic (exact) mass is 1860 g/mol. The lowest BCUT2D eigenvalue weighted by atomic mass is 10.1. The molecular weight excluding hydrogens is 1740 g/mol. The summed E-state index contributed by atoms with van der Waals surface area (Å²) in [4.78, 5) is 143. The van der Waals surface area contributed by atoms with Crippen LogP contribution >= 0.6 is 0 Å². The minimum absolute atomic E-state index is 0.100. The van der Waals surface area contributed by atoms with Crippen LogP contribution in [0.15, 0.2) is 163 Å². The summed E-state index contributed by atoms with van der Waals surface area (Å²) in [6, 6.07) is 42.7. The van der Waals surface area contributed by atoms with Crippen molar-refractivity contribution in [3.63, 3.8) is 0 Å². The van der Waals surface area contributed by atoms with E-state index in [9.17, 15) is 28.8 Å². The van der Waals surface area contributed by atoms with Crippen LogP contribution in [-0.2, 0) is 86.4 Å². The minimum atomic E-state index is -0.811. The Balaban J connectivity index is 0.000000197. The van der Waals surface area contributed by atoms with Crippen LogP contribution in [0.2, 0.25) is 0 Å². The van der Waals surface area contributed by atoms with Crippen molar-refractivity contribution in [2.24, 2.45) is 0 Å². The first kappa shape index (κ1) is 101. The average Bonchev–Trinajstić information content (AvgIpc) is 0.840. The largest absolute Gasteiger partial charge is 0.467 e. The number of piperazine rings is 2. The van der Waals surface area contributed by atoms with Crippen molar-refractivity contribution in [2.75, 3.05) is 195 Å². The van der Waals surface area contributed by atoms with Crippen molar-refractivity contribution in [2.45, 2.75) is 103 Å². The highest BCUT2D eigenvalue weighted by Crippen LogP contribution is 2.28. The molecule has 714 valence electrons. The molecule has 4 aromatic heterocycles. The molecule has 0 spiro atoms. The highest BCUT2D eigenvalue weighted by Gasteiger charge is 2.31. The summed E-state index contributed by atoms with van der Waals surface area (Å²) in [5, 5.41) is 28.5. The van der Waals surface area contributed by atoms with E-state index in [1.165, 1.54) is 58.5 Å². The Hall–Kier alpha value is -15.2. The zero-order chi connectivity index (χ0) is 96.6. The lowest BCUT2D eigenvalue weighted by molar-refractivity contribution is -0.142. The number of methoxy groups -OCH3 is 6. The van der Waals surface area contributed by atoms with Gasteiger partial charge in [-0.25, -0.2) is 38.7 Å². The number of ether oxygens (including phenoxy) is 7. The molecule has 3 atom stereocenters. The second-order valence-electron chi connectivity index (χ2n) is 32.7. The standard InChI is InChI=1S/C33H37N11O5.C33H43N9O5.C29H36N8O3/c1-34-24-9-7-22(8-10-24)20-26(30(47)49-3)39-33-41-31(37-13-18-48-2)40-32(42-33)38-25-6-4-5-23(19-25)21-43-14-16-44(17-15-43)29(46)27-28(45)36-12-11-35-27;1-33(2,3)47-32(44)42-17-15-41(16-18-42)22-24-8-7-9-26(20-24)36-30-38-29(35-14-19-45-5)39-31(40-30)37-27(28(43)46-6)21-23-10-12-25(34-4)13-11-23;1-30-23-12-10-21(11-13-23)19-25(26(38)40-3)33-29-35-27(31-14-17-39-2)34-28(36-29)32-24-9-7-8-22(18-24)20-37-15-5-4-6-16-37/h4-12,19,26H,13-18,20-21H2,2-3H3,(H,36,45)(H3,37,38,39,40,41,42);7-13,20,27H,14-19,21-22H2,1-3,5-6H3,(H3,35,36,37,38,39,40);7-13,18,25H,4-6,14-17,19-20H2,2-3H3,(H3,31,32,33,34,35,36)/t26-;27-;25-/m000/s1. The quantitative estimate of drug-likeness (QED) is 0.00738. The number of rotatable bonds is 40. The fraction of sp³-hybridized carbons (Fsp3) is 0.400. The Morgan fingerprint density at radius 1 is 0.404 bits per heavy atom. The van der Waals surface area contributed by atoms with Gasteiger partial charge in [0.05, 0.1) is 60.9 Å². The number of hydrogen-bond acceptors (Lipinski definition) is 35. The first-order valence-corrected chi connectivity index (χ1v) is 44.4. The molecule has 0 bridgehead atoms. The van der Waals surface area contributed by atoms with Gasteiger partial charge in [-0.2, -0.15) is 44.9 Å². The molecule has 0 unspecified atom stereocenters. The summed E-state index contributed by atoms with van der Waals surface area (Å²) in [6.07, 6.45) is 7.21. The van der Waals surface area contributed by atoms with E-state index in [-0.39, 0.29) is 59.8 Å². The van der Waals surface area contributed by atoms with E-state index in [0.717, 1.165) is 77.6 Å². The van der Waals surface area contributed by atoms with Crippen molar-refractivity contribution in [1.29, 1.82) is 0 Å². The summed E-state index contributed by atoms with van der Waals surface area (Å²) in [5.41, 5.74) is 8.69. The number of H-pyrrole nitrogens is 1. The first-order chi connectivity index (χ1) is 65.9. The lowest BCUT2D eigenvalue weighted by Gasteiger charge is -2.35. The summed E-state index contributed by atoms with van der Waals surface area (Å²) >= 11 is 0. The molecule has 41 nitrogen and oxygen atoms in total. The lowest BCUT2D eigenvalue weighted by Crippen LogP contribution is -2.49. The molecule has 136 heavy (non-hydrogen) atoms. The Labute approximate surface area is 789 Å². The van der Waals surface area contributed by atoms with E-state index in [1.54, 1.807) is 91.8 Å². The number of likely N-dealkylation sites (tertiary alicyclic amines) is 1. The molecule has 3 saturated heterocycles. The number of esters is 3. The molecule has 0 radical (unpaired) electrons. The maximum absolute atomic E-state index is 12.8. The second-order valence-corrected chi connectivity index (χ2v) is 32.7. The number of nitrogens with one attached hydrogen (secondary N) is 10. The molecule has 7 heterocycles. The number of piperidine rings is 1. The molecular formula is C95H116N28O13. The SMILES string of the molecule is [C-]#[N+]c1ccc(C[C@H](Nc2nc(NCCOC)nc(Nc3cccc(CN4CCCCC4)c3)n2)C(=O)OC)cc1.[C-]#[N+]c1ccc(C[C@H](Nc2nc(NCCOC)nc(Nc3cccc(CN4CCN(C(=O)OC(C)(C)C)CC4)c3)n2)C(=O)OC)cc1.[C-]#[N+]c1ccc(C[C@H](Nc2nc(NCCOC)nc(Nc3cccc(CN4CCN(C(=O)c5ncc[nH]c5=O)CC4)c3)n2)C(=O)OC)cc1. The van der Waals surface area contributed by atoms with Crippen molar-refractivity contribution >= 4 is 118 Å². The smallest absolute Gasteiger partial charge is 0.410 e. The third-order valence-electron chi connectivity index (χ3n) is 21.4. The average molecular weight is 1860 g/mol. The Morgan fingerprint density at radius 3 is 1.04 bits per heavy atom. The molecule has 2 amide bonds. The first-order valence-electron chi connectivity index (χ1n) is 44.4. The van der Waals surface area contributed by atoms with Gasteiger partial charge in [-0.05, 0) is 116 Å². The molecule has 0 aliphatic carbocycles. The Kier molecular flexibility index (Phi) is 39.0. The number of benzene rings is 6. The third-order valence-corrected chi connectivity index (χ3v) is 21.4. The van der Waals surface area contributed by atoms with E-state index in [2.05, 4.69) is 150 Å². The van der Waals surface area contributed by atoms with Crippen LogP contribution in [0.5, 0.6) is 0 Å². The van der Waals surface area contributed by atoms with Crippen molar-refractivity contribution in [3.8, 4) is 0 Å². The highest BCUT2D eigenvalue weighted by atomic mass is 16.6. The molecule has 3 aliphatic heterocycles. The maximum atomic E-state index is 12.8. The van der Waals surface area contributed by atoms with Gasteiger partial charge in [0.15, 0.2) is 22.8 Å². The molecule has 3 fully saturated rings. The van der Waals surface area contributed by atoms with Crippen LogP contribution in [0.3, 0.4) is 0 Å². The van der Waals surface area contributed by atoms with Gasteiger partial charge in [-0.15, -0.1) is 0 Å². The second kappa shape index (κ2) is 52.3. The van der Waals surface area contributed by atoms with Crippen molar-refractivity contribution < 1.29 is 57.1 Å². The number of amides is 2. The number of aromatic nitrogens is 11. The van der Waals surface area contributed by atoms with Gasteiger partial charge in [0.2, 0.25) is 53.5 Å². The molecule has 41 heteroatoms. The van der Waals surface area contributed by atoms with Gasteiger partial charge in [-0.1, -0.05) is 116 Å². The van der Waals surface area contributed by atoms with Gasteiger partial charge in [-0.3, -0.25) is 24.3 Å². The van der Waals surface area contributed by atoms with E-state index in [0.29, 0.717) is 140 Å². The number of nitrogens with zero attached hydrogens (tertiary/aromatic N) is 18. The minimum Gasteiger partial charge on any atom is -0.467 e. The van der Waals surface area contributed by atoms with Crippen molar-refractivity contribution in [1.82, 2.24) is 79.3 Å². The maximum Gasteiger partial charge on any atom is 0.410 e. The molecule has 10 N–H and O–H groups in total. The molecule has 13 rings (SSSR count). The summed E-state index contributed by atoms with van der Waals surface area (Å²) in [7, 11) is 8.80. The topological polar surface area (TPSA) is 449 Å². The van der Waals surface area contributed by atoms with Crippen LogP contribution in [-0.4, -0.2) is 281 Å². The fourth-order valence-electron chi connectivity index (χ4n) is 14.5. The van der Waals surface area contributed by atoms with Gasteiger partial charge in [0.25, 0.3) is 11.5 Å². The van der Waals surface area contributed by atoms with Crippen LogP contribution in [0.4, 0.5) is 92.5 Å². The summed E-state index contributed by atoms with van der Waals surface area (Å²) in [5.74, 6) is 0.502. The summed E-state index contributed by atoms with van der Waals surface area (Å²) in [6.45, 7) is 39.3. The van der Waals surface area contributed by atoms with Crippen LogP contribution in [0, 0.1) is 19.7 Å². The van der Waals surface area contributed by atoms with E-state index in [4.69, 9.17) is 52.9 Å². The third kappa shape index (κ3) is 32.9. The number of anilines is 12. The van der Waals surface area contributed by atoms with Crippen LogP contribution in [0.1, 0.15) is 83.9 Å². The normalized spacial score (nSPS) is 13.9. The number of carbonyl (C=O) groups excluding carboxylic acids is 5. The van der Waals surface area contributed by atoms with E-state index in [1.807, 2.05) is 87.5 Å². The molecule has 6 aromatic carbocycles. The number of hydrogen-bond donors (Lipinski definition) is 10. The zero-order valence-corrected chi connectivity index (χ0v) is 77.8. The summed E-state index contributed by atoms with van der Waals surface area (Å²) < 4.78 is 36.1. The van der Waals surface area contributed by atoms with Gasteiger partial charge in [0.1, 0.15) is 23.7 Å². The van der Waals surface area contributed by atoms with Crippen LogP contribution in [0.25, 0.3) is 14.5 Å². The van der Waals surface area contributed by atoms with E-state index < -0.39 is 47.2 Å². The predicted octanol–water partition coefficient (Wildman–Crippen LogP) is 11.3. The zero-order valence-electron chi connectivity index (χ0n) is 77.8. The molecule has 3 aliphatic rings. The fourth-order valence-corrected chi connectivity index (χ4v) is 14.5. The Bertz CT molecular complexity index is 5760. The van der Waals surface area contributed by atoms with E-state index >= 15 is 0 Å². The van der Waals surface area contributed by atoms with Gasteiger partial charge < -0.3 is 95.8 Å². The predicted molar refractivity (Wildman–Crippen MR) is 516 cm³/mol. The van der Waals surface area contributed by atoms with Crippen molar-refractivity contribution in [3.05, 3.63) is 242 Å². The van der Waals surface area contributed by atoms with Crippen LogP contribution < -0.4 is 53.4 Å². The van der Waals surface area contributed by atoms with Gasteiger partial charge in [0, 0.05) is 162 Å². The van der Waals surface area contributed by atoms with Gasteiger partial charge >= 0.3 is 24.0 Å². The number of carbonyl (C=O) groups is 5. The molecule has 0 saturated carbocycles. The molecule has 10 aromatic rings.